The number of anilines is 1. The van der Waals surface area contributed by atoms with E-state index in [1.165, 1.54) is 17.7 Å². The molecule has 0 N–H and O–H groups in total. The highest BCUT2D eigenvalue weighted by Crippen LogP contribution is 2.36. The minimum atomic E-state index is -0.107. The van der Waals surface area contributed by atoms with Crippen molar-refractivity contribution in [3.63, 3.8) is 0 Å². The van der Waals surface area contributed by atoms with Crippen LogP contribution in [0.15, 0.2) is 60.3 Å². The SMILES string of the molecule is Cc1cccc(N2CCN(C3=C(c4ccccc4)C(=O)N(C4CCCCC4)C3=O)CC2)c1. The van der Waals surface area contributed by atoms with E-state index in [-0.39, 0.29) is 17.9 Å². The minimum Gasteiger partial charge on any atom is -0.368 e. The first kappa shape index (κ1) is 20.8. The van der Waals surface area contributed by atoms with Crippen molar-refractivity contribution in [1.29, 1.82) is 0 Å². The van der Waals surface area contributed by atoms with Gasteiger partial charge in [0.1, 0.15) is 5.70 Å². The molecule has 2 aromatic rings. The highest BCUT2D eigenvalue weighted by atomic mass is 16.2. The van der Waals surface area contributed by atoms with Gasteiger partial charge in [0.25, 0.3) is 11.8 Å². The summed E-state index contributed by atoms with van der Waals surface area (Å²) in [5.74, 6) is -0.200. The van der Waals surface area contributed by atoms with Crippen LogP contribution in [0.25, 0.3) is 5.57 Å². The van der Waals surface area contributed by atoms with Gasteiger partial charge < -0.3 is 9.80 Å². The third kappa shape index (κ3) is 3.81. The lowest BCUT2D eigenvalue weighted by Gasteiger charge is -2.38. The first-order chi connectivity index (χ1) is 15.6. The molecule has 2 amide bonds. The third-order valence-corrected chi connectivity index (χ3v) is 7.06. The minimum absolute atomic E-state index is 0.0357. The van der Waals surface area contributed by atoms with Crippen LogP contribution in [0.4, 0.5) is 5.69 Å². The lowest BCUT2D eigenvalue weighted by molar-refractivity contribution is -0.141. The van der Waals surface area contributed by atoms with Crippen LogP contribution in [0.5, 0.6) is 0 Å². The van der Waals surface area contributed by atoms with Crippen LogP contribution < -0.4 is 4.90 Å². The predicted molar refractivity (Wildman–Crippen MR) is 127 cm³/mol. The second-order valence-corrected chi connectivity index (χ2v) is 9.17. The number of hydrogen-bond donors (Lipinski definition) is 0. The summed E-state index contributed by atoms with van der Waals surface area (Å²) in [6.07, 6.45) is 5.22. The molecule has 2 aromatic carbocycles. The normalized spacial score (nSPS) is 20.5. The Hall–Kier alpha value is -3.08. The standard InChI is InChI=1S/C27H31N3O2/c1-20-9-8-14-23(19-20)28-15-17-29(18-16-28)25-24(21-10-4-2-5-11-21)26(31)30(27(25)32)22-12-6-3-7-13-22/h2,4-5,8-11,14,19,22H,3,6-7,12-13,15-18H2,1H3. The number of aryl methyl sites for hydroxylation is 1. The van der Waals surface area contributed by atoms with Gasteiger partial charge in [0.2, 0.25) is 0 Å². The Balaban J connectivity index is 1.43. The summed E-state index contributed by atoms with van der Waals surface area (Å²) in [5, 5.41) is 0. The third-order valence-electron chi connectivity index (χ3n) is 7.06. The zero-order chi connectivity index (χ0) is 22.1. The molecule has 0 spiro atoms. The topological polar surface area (TPSA) is 43.9 Å². The van der Waals surface area contributed by atoms with Crippen LogP contribution in [-0.4, -0.2) is 53.8 Å². The summed E-state index contributed by atoms with van der Waals surface area (Å²) in [6.45, 7) is 5.24. The smallest absolute Gasteiger partial charge is 0.278 e. The fourth-order valence-corrected chi connectivity index (χ4v) is 5.38. The summed E-state index contributed by atoms with van der Waals surface area (Å²) in [7, 11) is 0. The molecule has 0 radical (unpaired) electrons. The zero-order valence-electron chi connectivity index (χ0n) is 18.8. The highest BCUT2D eigenvalue weighted by molar-refractivity contribution is 6.35. The Labute approximate surface area is 190 Å². The molecule has 0 unspecified atom stereocenters. The van der Waals surface area contributed by atoms with Crippen molar-refractivity contribution >= 4 is 23.1 Å². The number of benzene rings is 2. The number of carbonyl (C=O) groups is 2. The molecule has 0 aromatic heterocycles. The molecule has 1 aliphatic carbocycles. The van der Waals surface area contributed by atoms with Gasteiger partial charge in [-0.1, -0.05) is 61.7 Å². The van der Waals surface area contributed by atoms with Crippen molar-refractivity contribution in [3.8, 4) is 0 Å². The number of amides is 2. The monoisotopic (exact) mass is 429 g/mol. The number of carbonyl (C=O) groups excluding carboxylic acids is 2. The Morgan fingerprint density at radius 3 is 2.12 bits per heavy atom. The fraction of sp³-hybridized carbons (Fsp3) is 0.407. The van der Waals surface area contributed by atoms with Gasteiger partial charge in [-0.2, -0.15) is 0 Å². The van der Waals surface area contributed by atoms with Crippen molar-refractivity contribution in [3.05, 3.63) is 71.4 Å². The summed E-state index contributed by atoms with van der Waals surface area (Å²) in [4.78, 5) is 33.4. The Morgan fingerprint density at radius 2 is 1.44 bits per heavy atom. The Morgan fingerprint density at radius 1 is 0.750 bits per heavy atom. The van der Waals surface area contributed by atoms with Gasteiger partial charge in [0.05, 0.1) is 5.57 Å². The van der Waals surface area contributed by atoms with Crippen LogP contribution in [-0.2, 0) is 9.59 Å². The first-order valence-electron chi connectivity index (χ1n) is 11.9. The van der Waals surface area contributed by atoms with Crippen molar-refractivity contribution < 1.29 is 9.59 Å². The molecule has 1 saturated carbocycles. The lowest BCUT2D eigenvalue weighted by atomic mass is 9.94. The van der Waals surface area contributed by atoms with Crippen LogP contribution in [0, 0.1) is 6.92 Å². The van der Waals surface area contributed by atoms with Crippen molar-refractivity contribution in [2.75, 3.05) is 31.1 Å². The highest BCUT2D eigenvalue weighted by Gasteiger charge is 2.45. The van der Waals surface area contributed by atoms with E-state index >= 15 is 0 Å². The van der Waals surface area contributed by atoms with Gasteiger partial charge >= 0.3 is 0 Å². The van der Waals surface area contributed by atoms with E-state index in [1.54, 1.807) is 4.90 Å². The molecule has 2 aliphatic heterocycles. The number of rotatable bonds is 4. The van der Waals surface area contributed by atoms with E-state index in [4.69, 9.17) is 0 Å². The van der Waals surface area contributed by atoms with E-state index in [2.05, 4.69) is 41.0 Å². The van der Waals surface area contributed by atoms with E-state index in [0.29, 0.717) is 11.3 Å². The molecular weight excluding hydrogens is 398 g/mol. The molecule has 166 valence electrons. The van der Waals surface area contributed by atoms with E-state index in [0.717, 1.165) is 57.4 Å². The van der Waals surface area contributed by atoms with Gasteiger partial charge in [-0.15, -0.1) is 0 Å². The van der Waals surface area contributed by atoms with Gasteiger partial charge in [0.15, 0.2) is 0 Å². The van der Waals surface area contributed by atoms with E-state index in [9.17, 15) is 9.59 Å². The number of hydrogen-bond acceptors (Lipinski definition) is 4. The van der Waals surface area contributed by atoms with Crippen molar-refractivity contribution in [2.45, 2.75) is 45.1 Å². The van der Waals surface area contributed by atoms with Gasteiger partial charge in [-0.05, 0) is 43.0 Å². The lowest BCUT2D eigenvalue weighted by Crippen LogP contribution is -2.48. The van der Waals surface area contributed by atoms with Crippen LogP contribution in [0.2, 0.25) is 0 Å². The Kier molecular flexibility index (Phi) is 5.73. The maximum atomic E-state index is 13.7. The van der Waals surface area contributed by atoms with Crippen molar-refractivity contribution in [1.82, 2.24) is 9.80 Å². The summed E-state index contributed by atoms with van der Waals surface area (Å²) < 4.78 is 0. The van der Waals surface area contributed by atoms with Crippen LogP contribution >= 0.6 is 0 Å². The second-order valence-electron chi connectivity index (χ2n) is 9.17. The van der Waals surface area contributed by atoms with E-state index < -0.39 is 0 Å². The summed E-state index contributed by atoms with van der Waals surface area (Å²) in [5.41, 5.74) is 4.51. The fourth-order valence-electron chi connectivity index (χ4n) is 5.38. The number of nitrogens with zero attached hydrogens (tertiary/aromatic N) is 3. The van der Waals surface area contributed by atoms with Gasteiger partial charge in [-0.25, -0.2) is 0 Å². The summed E-state index contributed by atoms with van der Waals surface area (Å²) in [6, 6.07) is 18.3. The molecule has 2 fully saturated rings. The molecule has 1 saturated heterocycles. The molecule has 5 rings (SSSR count). The molecule has 2 heterocycles. The second kappa shape index (κ2) is 8.81. The molecule has 5 heteroatoms. The Bertz CT molecular complexity index is 1030. The van der Waals surface area contributed by atoms with Crippen LogP contribution in [0.3, 0.4) is 0 Å². The first-order valence-corrected chi connectivity index (χ1v) is 11.9. The number of piperazine rings is 1. The van der Waals surface area contributed by atoms with E-state index in [1.807, 2.05) is 30.3 Å². The zero-order valence-corrected chi connectivity index (χ0v) is 18.8. The van der Waals surface area contributed by atoms with Gasteiger partial charge in [0, 0.05) is 37.9 Å². The average Bonchev–Trinajstić information content (AvgIpc) is 3.10. The largest absolute Gasteiger partial charge is 0.368 e. The molecule has 3 aliphatic rings. The molecule has 32 heavy (non-hydrogen) atoms. The number of imide groups is 1. The molecule has 0 atom stereocenters. The maximum Gasteiger partial charge on any atom is 0.278 e. The maximum absolute atomic E-state index is 13.7. The molecule has 5 nitrogen and oxygen atoms in total. The summed E-state index contributed by atoms with van der Waals surface area (Å²) >= 11 is 0. The molecule has 0 bridgehead atoms. The predicted octanol–water partition coefficient (Wildman–Crippen LogP) is 4.23. The quantitative estimate of drug-likeness (QED) is 0.683. The van der Waals surface area contributed by atoms with Crippen molar-refractivity contribution in [2.24, 2.45) is 0 Å². The van der Waals surface area contributed by atoms with Gasteiger partial charge in [-0.3, -0.25) is 14.5 Å². The molecular formula is C27H31N3O2. The average molecular weight is 430 g/mol. The van der Waals surface area contributed by atoms with Crippen LogP contribution in [0.1, 0.15) is 43.2 Å².